The van der Waals surface area contributed by atoms with Gasteiger partial charge in [-0.05, 0) is 55.2 Å². The third kappa shape index (κ3) is 3.81. The molecule has 2 saturated heterocycles. The number of likely N-dealkylation sites (tertiary alicyclic amines) is 1. The molecule has 2 heterocycles. The lowest BCUT2D eigenvalue weighted by molar-refractivity contribution is 0.0634. The quantitative estimate of drug-likeness (QED) is 0.858. The monoisotopic (exact) mass is 399 g/mol. The summed E-state index contributed by atoms with van der Waals surface area (Å²) in [7, 11) is 0. The van der Waals surface area contributed by atoms with Gasteiger partial charge in [-0.15, -0.1) is 0 Å². The second-order valence-electron chi connectivity index (χ2n) is 7.63. The Bertz CT molecular complexity index is 963. The number of nitrogens with zero attached hydrogens (tertiary/aromatic N) is 2. The normalized spacial score (nSPS) is 19.4. The van der Waals surface area contributed by atoms with Gasteiger partial charge in [0, 0.05) is 37.3 Å². The molecule has 2 aromatic carbocycles. The van der Waals surface area contributed by atoms with Crippen molar-refractivity contribution < 1.29 is 18.4 Å². The number of carbonyl (C=O) groups excluding carboxylic acids is 2. The number of urea groups is 1. The molecule has 0 aliphatic carbocycles. The average molecular weight is 399 g/mol. The third-order valence-electron chi connectivity index (χ3n) is 5.71. The molecule has 0 aromatic heterocycles. The van der Waals surface area contributed by atoms with Gasteiger partial charge < -0.3 is 15.1 Å². The second kappa shape index (κ2) is 7.81. The van der Waals surface area contributed by atoms with Crippen LogP contribution in [0.1, 0.15) is 28.8 Å². The molecule has 1 unspecified atom stereocenters. The molecule has 7 heteroatoms. The van der Waals surface area contributed by atoms with E-state index in [1.54, 1.807) is 34.9 Å². The number of amides is 3. The Morgan fingerprint density at radius 3 is 2.59 bits per heavy atom. The van der Waals surface area contributed by atoms with Gasteiger partial charge in [0.15, 0.2) is 0 Å². The highest BCUT2D eigenvalue weighted by molar-refractivity contribution is 5.95. The summed E-state index contributed by atoms with van der Waals surface area (Å²) in [6.07, 6.45) is 1.66. The van der Waals surface area contributed by atoms with Crippen molar-refractivity contribution in [1.82, 2.24) is 15.1 Å². The van der Waals surface area contributed by atoms with Crippen molar-refractivity contribution >= 4 is 11.9 Å². The van der Waals surface area contributed by atoms with Crippen LogP contribution < -0.4 is 5.32 Å². The lowest BCUT2D eigenvalue weighted by Gasteiger charge is -2.37. The maximum Gasteiger partial charge on any atom is 0.317 e. The van der Waals surface area contributed by atoms with Gasteiger partial charge in [-0.3, -0.25) is 4.79 Å². The first-order chi connectivity index (χ1) is 13.9. The lowest BCUT2D eigenvalue weighted by atomic mass is 9.98. The minimum absolute atomic E-state index is 0.0128. The molecule has 2 fully saturated rings. The molecule has 1 atom stereocenters. The predicted molar refractivity (Wildman–Crippen MR) is 106 cm³/mol. The minimum Gasteiger partial charge on any atom is -0.337 e. The van der Waals surface area contributed by atoms with E-state index in [9.17, 15) is 18.4 Å². The molecule has 1 N–H and O–H groups in total. The van der Waals surface area contributed by atoms with Crippen LogP contribution in [0.25, 0.3) is 11.1 Å². The molecule has 4 rings (SSSR count). The Balaban J connectivity index is 1.53. The van der Waals surface area contributed by atoms with Crippen LogP contribution in [0.2, 0.25) is 0 Å². The maximum atomic E-state index is 14.8. The molecule has 0 saturated carbocycles. The first kappa shape index (κ1) is 19.4. The van der Waals surface area contributed by atoms with Crippen LogP contribution in [0.3, 0.4) is 0 Å². The maximum absolute atomic E-state index is 14.8. The molecule has 3 amide bonds. The molecular formula is C22H23F2N3O2. The van der Waals surface area contributed by atoms with Gasteiger partial charge in [0.25, 0.3) is 5.91 Å². The largest absolute Gasteiger partial charge is 0.337 e. The highest BCUT2D eigenvalue weighted by atomic mass is 19.1. The lowest BCUT2D eigenvalue weighted by Crippen LogP contribution is -2.50. The highest BCUT2D eigenvalue weighted by Crippen LogP contribution is 2.28. The summed E-state index contributed by atoms with van der Waals surface area (Å²) in [5.41, 5.74) is 1.84. The fourth-order valence-electron chi connectivity index (χ4n) is 4.21. The predicted octanol–water partition coefficient (Wildman–Crippen LogP) is 3.57. The van der Waals surface area contributed by atoms with E-state index in [1.807, 2.05) is 0 Å². The molecule has 0 radical (unpaired) electrons. The van der Waals surface area contributed by atoms with Gasteiger partial charge in [0.2, 0.25) is 0 Å². The van der Waals surface area contributed by atoms with E-state index >= 15 is 0 Å². The second-order valence-corrected chi connectivity index (χ2v) is 7.63. The molecule has 5 nitrogen and oxygen atoms in total. The summed E-state index contributed by atoms with van der Waals surface area (Å²) >= 11 is 0. The van der Waals surface area contributed by atoms with Crippen molar-refractivity contribution in [2.45, 2.75) is 25.8 Å². The van der Waals surface area contributed by atoms with Crippen LogP contribution in [0.5, 0.6) is 0 Å². The summed E-state index contributed by atoms with van der Waals surface area (Å²) in [6.45, 7) is 4.03. The Labute approximate surface area is 168 Å². The standard InChI is InChI=1S/C22H23F2N3O2/c1-14-11-16(23)5-7-18(14)19-6-4-15(12-20(19)24)21(28)26-9-2-3-17(13-26)27-10-8-25-22(27)29/h4-7,11-12,17H,2-3,8-10,13H2,1H3,(H,25,29). The molecule has 29 heavy (non-hydrogen) atoms. The van der Waals surface area contributed by atoms with E-state index in [0.29, 0.717) is 42.9 Å². The summed E-state index contributed by atoms with van der Waals surface area (Å²) in [6, 6.07) is 8.51. The van der Waals surface area contributed by atoms with Crippen LogP contribution in [0.15, 0.2) is 36.4 Å². The average Bonchev–Trinajstić information content (AvgIpc) is 3.14. The van der Waals surface area contributed by atoms with Gasteiger partial charge >= 0.3 is 6.03 Å². The topological polar surface area (TPSA) is 52.7 Å². The van der Waals surface area contributed by atoms with E-state index in [0.717, 1.165) is 12.8 Å². The first-order valence-corrected chi connectivity index (χ1v) is 9.84. The molecule has 2 aliphatic heterocycles. The summed E-state index contributed by atoms with van der Waals surface area (Å²) in [5.74, 6) is -1.13. The number of carbonyl (C=O) groups is 2. The van der Waals surface area contributed by atoms with Crippen molar-refractivity contribution in [3.8, 4) is 11.1 Å². The zero-order valence-corrected chi connectivity index (χ0v) is 16.3. The summed E-state index contributed by atoms with van der Waals surface area (Å²) in [4.78, 5) is 28.3. The van der Waals surface area contributed by atoms with Crippen molar-refractivity contribution in [2.24, 2.45) is 0 Å². The van der Waals surface area contributed by atoms with Crippen LogP contribution >= 0.6 is 0 Å². The van der Waals surface area contributed by atoms with E-state index in [4.69, 9.17) is 0 Å². The fourth-order valence-corrected chi connectivity index (χ4v) is 4.21. The zero-order chi connectivity index (χ0) is 20.5. The smallest absolute Gasteiger partial charge is 0.317 e. The van der Waals surface area contributed by atoms with Crippen LogP contribution in [0.4, 0.5) is 13.6 Å². The Kier molecular flexibility index (Phi) is 5.22. The molecule has 2 aromatic rings. The number of benzene rings is 2. The number of nitrogens with one attached hydrogen (secondary N) is 1. The third-order valence-corrected chi connectivity index (χ3v) is 5.71. The molecule has 0 spiro atoms. The summed E-state index contributed by atoms with van der Waals surface area (Å²) < 4.78 is 28.1. The fraction of sp³-hybridized carbons (Fsp3) is 0.364. The number of hydrogen-bond acceptors (Lipinski definition) is 2. The Morgan fingerprint density at radius 2 is 1.90 bits per heavy atom. The number of rotatable bonds is 3. The number of aryl methyl sites for hydroxylation is 1. The Morgan fingerprint density at radius 1 is 1.10 bits per heavy atom. The van der Waals surface area contributed by atoms with Gasteiger partial charge in [-0.2, -0.15) is 0 Å². The first-order valence-electron chi connectivity index (χ1n) is 9.84. The van der Waals surface area contributed by atoms with Crippen molar-refractivity contribution in [1.29, 1.82) is 0 Å². The molecule has 0 bridgehead atoms. The molecule has 152 valence electrons. The summed E-state index contributed by atoms with van der Waals surface area (Å²) in [5, 5.41) is 2.79. The minimum atomic E-state index is -0.516. The van der Waals surface area contributed by atoms with Crippen LogP contribution in [-0.4, -0.2) is 54.0 Å². The SMILES string of the molecule is Cc1cc(F)ccc1-c1ccc(C(=O)N2CCCC(N3CCNC3=O)C2)cc1F. The van der Waals surface area contributed by atoms with Gasteiger partial charge in [-0.25, -0.2) is 13.6 Å². The number of hydrogen-bond donors (Lipinski definition) is 1. The molecular weight excluding hydrogens is 376 g/mol. The van der Waals surface area contributed by atoms with E-state index < -0.39 is 5.82 Å². The van der Waals surface area contributed by atoms with Gasteiger partial charge in [0.1, 0.15) is 11.6 Å². The highest BCUT2D eigenvalue weighted by Gasteiger charge is 2.33. The van der Waals surface area contributed by atoms with Crippen molar-refractivity contribution in [2.75, 3.05) is 26.2 Å². The van der Waals surface area contributed by atoms with Crippen molar-refractivity contribution in [3.05, 3.63) is 59.2 Å². The van der Waals surface area contributed by atoms with Crippen LogP contribution in [-0.2, 0) is 0 Å². The van der Waals surface area contributed by atoms with Gasteiger partial charge in [-0.1, -0.05) is 12.1 Å². The van der Waals surface area contributed by atoms with E-state index in [1.165, 1.54) is 18.2 Å². The Hall–Kier alpha value is -2.96. The zero-order valence-electron chi connectivity index (χ0n) is 16.3. The number of halogens is 2. The van der Waals surface area contributed by atoms with Crippen molar-refractivity contribution in [3.63, 3.8) is 0 Å². The van der Waals surface area contributed by atoms with E-state index in [2.05, 4.69) is 5.32 Å². The van der Waals surface area contributed by atoms with E-state index in [-0.39, 0.29) is 29.4 Å². The number of piperidine rings is 1. The molecule has 2 aliphatic rings. The van der Waals surface area contributed by atoms with Gasteiger partial charge in [0.05, 0.1) is 6.04 Å². The van der Waals surface area contributed by atoms with Crippen LogP contribution in [0, 0.1) is 18.6 Å².